The molecule has 0 fully saturated rings. The number of nitrogens with one attached hydrogen (secondary N) is 2. The lowest BCUT2D eigenvalue weighted by Crippen LogP contribution is -2.45. The van der Waals surface area contributed by atoms with E-state index in [4.69, 9.17) is 5.73 Å². The average Bonchev–Trinajstić information content (AvgIpc) is 2.69. The van der Waals surface area contributed by atoms with Crippen LogP contribution in [0.1, 0.15) is 30.9 Å². The number of anilines is 2. The zero-order valence-electron chi connectivity index (χ0n) is 16.3. The highest BCUT2D eigenvalue weighted by Gasteiger charge is 2.26. The van der Waals surface area contributed by atoms with E-state index in [0.717, 1.165) is 17.5 Å². The van der Waals surface area contributed by atoms with Crippen molar-refractivity contribution >= 4 is 35.7 Å². The summed E-state index contributed by atoms with van der Waals surface area (Å²) in [5, 5.41) is 5.30. The van der Waals surface area contributed by atoms with Gasteiger partial charge in [-0.1, -0.05) is 37.6 Å². The van der Waals surface area contributed by atoms with Crippen LogP contribution in [0.3, 0.4) is 0 Å². The maximum Gasteiger partial charge on any atom is 0.323 e. The Bertz CT molecular complexity index is 878. The molecule has 0 aromatic heterocycles. The summed E-state index contributed by atoms with van der Waals surface area (Å²) in [6.45, 7) is 3.02. The molecule has 1 heterocycles. The third-order valence-electron chi connectivity index (χ3n) is 4.86. The summed E-state index contributed by atoms with van der Waals surface area (Å²) in [7, 11) is 0. The van der Waals surface area contributed by atoms with Crippen molar-refractivity contribution in [1.29, 1.82) is 0 Å². The van der Waals surface area contributed by atoms with Crippen molar-refractivity contribution in [2.75, 3.05) is 17.2 Å². The first-order valence-corrected chi connectivity index (χ1v) is 9.47. The van der Waals surface area contributed by atoms with Crippen LogP contribution >= 0.6 is 12.4 Å². The molecular weight excluding hydrogens is 395 g/mol. The first kappa shape index (κ1) is 22.6. The fourth-order valence-electron chi connectivity index (χ4n) is 3.42. The molecule has 0 aliphatic carbocycles. The van der Waals surface area contributed by atoms with E-state index in [9.17, 15) is 14.0 Å². The van der Waals surface area contributed by atoms with Gasteiger partial charge >= 0.3 is 6.03 Å². The van der Waals surface area contributed by atoms with Gasteiger partial charge in [-0.2, -0.15) is 0 Å². The number of nitrogens with zero attached hydrogens (tertiary/aromatic N) is 1. The van der Waals surface area contributed by atoms with Crippen LogP contribution in [0.5, 0.6) is 0 Å². The number of hydrogen-bond donors (Lipinski definition) is 3. The molecule has 29 heavy (non-hydrogen) atoms. The Balaban J connectivity index is 0.00000300. The first-order valence-electron chi connectivity index (χ1n) is 9.47. The Labute approximate surface area is 176 Å². The minimum atomic E-state index is -0.512. The van der Waals surface area contributed by atoms with Gasteiger partial charge < -0.3 is 21.3 Å². The highest BCUT2D eigenvalue weighted by atomic mass is 35.5. The van der Waals surface area contributed by atoms with Gasteiger partial charge in [0.25, 0.3) is 0 Å². The fraction of sp³-hybridized carbons (Fsp3) is 0.333. The summed E-state index contributed by atoms with van der Waals surface area (Å²) in [5.74, 6) is -0.534. The summed E-state index contributed by atoms with van der Waals surface area (Å²) in [6, 6.07) is 10.6. The fourth-order valence-corrected chi connectivity index (χ4v) is 3.42. The van der Waals surface area contributed by atoms with E-state index >= 15 is 0 Å². The maximum absolute atomic E-state index is 13.7. The molecule has 0 radical (unpaired) electrons. The molecule has 3 rings (SSSR count). The van der Waals surface area contributed by atoms with Gasteiger partial charge in [0.2, 0.25) is 5.91 Å². The second-order valence-electron chi connectivity index (χ2n) is 6.91. The van der Waals surface area contributed by atoms with Gasteiger partial charge in [0.1, 0.15) is 5.82 Å². The quantitative estimate of drug-likeness (QED) is 0.685. The SMILES string of the molecule is CCCC(N)C(=O)N1CCc2c(cccc2NC(=O)Nc2ccccc2F)C1.Cl. The summed E-state index contributed by atoms with van der Waals surface area (Å²) in [4.78, 5) is 26.5. The molecule has 1 aliphatic rings. The summed E-state index contributed by atoms with van der Waals surface area (Å²) >= 11 is 0. The van der Waals surface area contributed by atoms with Crippen LogP contribution in [0.15, 0.2) is 42.5 Å². The molecule has 1 unspecified atom stereocenters. The van der Waals surface area contributed by atoms with Gasteiger partial charge in [0.15, 0.2) is 0 Å². The lowest BCUT2D eigenvalue weighted by molar-refractivity contribution is -0.133. The van der Waals surface area contributed by atoms with Crippen LogP contribution in [-0.2, 0) is 17.8 Å². The van der Waals surface area contributed by atoms with E-state index in [1.807, 2.05) is 19.1 Å². The van der Waals surface area contributed by atoms with Crippen LogP contribution in [0.2, 0.25) is 0 Å². The molecule has 6 nitrogen and oxygen atoms in total. The lowest BCUT2D eigenvalue weighted by atomic mass is 9.97. The number of para-hydroxylation sites is 1. The number of carbonyl (C=O) groups is 2. The minimum absolute atomic E-state index is 0. The number of rotatable bonds is 5. The van der Waals surface area contributed by atoms with Crippen molar-refractivity contribution in [3.63, 3.8) is 0 Å². The highest BCUT2D eigenvalue weighted by Crippen LogP contribution is 2.27. The van der Waals surface area contributed by atoms with Gasteiger partial charge in [-0.05, 0) is 42.2 Å². The van der Waals surface area contributed by atoms with Crippen molar-refractivity contribution in [3.05, 3.63) is 59.4 Å². The molecule has 0 spiro atoms. The second kappa shape index (κ2) is 10.2. The van der Waals surface area contributed by atoms with E-state index in [-0.39, 0.29) is 24.0 Å². The third kappa shape index (κ3) is 5.46. The topological polar surface area (TPSA) is 87.5 Å². The third-order valence-corrected chi connectivity index (χ3v) is 4.86. The molecule has 0 bridgehead atoms. The normalized spacial score (nSPS) is 13.7. The van der Waals surface area contributed by atoms with Crippen LogP contribution in [0.25, 0.3) is 0 Å². The molecule has 1 atom stereocenters. The van der Waals surface area contributed by atoms with Gasteiger partial charge in [0, 0.05) is 18.8 Å². The summed E-state index contributed by atoms with van der Waals surface area (Å²) in [5.41, 5.74) is 8.72. The molecule has 2 aromatic carbocycles. The summed E-state index contributed by atoms with van der Waals surface area (Å²) in [6.07, 6.45) is 2.15. The van der Waals surface area contributed by atoms with Gasteiger partial charge in [-0.25, -0.2) is 9.18 Å². The predicted octanol–water partition coefficient (Wildman–Crippen LogP) is 3.90. The highest BCUT2D eigenvalue weighted by molar-refractivity contribution is 6.00. The Kier molecular flexibility index (Phi) is 7.99. The van der Waals surface area contributed by atoms with Crippen molar-refractivity contribution < 1.29 is 14.0 Å². The average molecular weight is 421 g/mol. The first-order chi connectivity index (χ1) is 13.5. The number of amides is 3. The van der Waals surface area contributed by atoms with E-state index in [2.05, 4.69) is 10.6 Å². The Morgan fingerprint density at radius 2 is 1.83 bits per heavy atom. The van der Waals surface area contributed by atoms with E-state index in [1.54, 1.807) is 23.1 Å². The van der Waals surface area contributed by atoms with E-state index in [0.29, 0.717) is 31.6 Å². The van der Waals surface area contributed by atoms with Gasteiger partial charge in [-0.3, -0.25) is 4.79 Å². The number of benzene rings is 2. The monoisotopic (exact) mass is 420 g/mol. The van der Waals surface area contributed by atoms with Crippen molar-refractivity contribution in [2.45, 2.75) is 38.8 Å². The largest absolute Gasteiger partial charge is 0.337 e. The standard InChI is InChI=1S/C21H25FN4O2.ClH/c1-2-6-17(23)20(27)26-12-11-15-14(13-26)7-5-10-18(15)24-21(28)25-19-9-4-3-8-16(19)22;/h3-5,7-10,17H,2,6,11-13,23H2,1H3,(H2,24,25,28);1H. The van der Waals surface area contributed by atoms with Crippen LogP contribution < -0.4 is 16.4 Å². The van der Waals surface area contributed by atoms with Crippen LogP contribution in [-0.4, -0.2) is 29.4 Å². The van der Waals surface area contributed by atoms with E-state index in [1.165, 1.54) is 12.1 Å². The van der Waals surface area contributed by atoms with Gasteiger partial charge in [-0.15, -0.1) is 12.4 Å². The van der Waals surface area contributed by atoms with Crippen LogP contribution in [0.4, 0.5) is 20.6 Å². The van der Waals surface area contributed by atoms with Gasteiger partial charge in [0.05, 0.1) is 11.7 Å². The van der Waals surface area contributed by atoms with Crippen molar-refractivity contribution in [3.8, 4) is 0 Å². The molecule has 3 amide bonds. The number of halogens is 2. The number of hydrogen-bond acceptors (Lipinski definition) is 3. The minimum Gasteiger partial charge on any atom is -0.337 e. The molecular formula is C21H26ClFN4O2. The zero-order chi connectivity index (χ0) is 20.1. The number of urea groups is 1. The molecule has 156 valence electrons. The summed E-state index contributed by atoms with van der Waals surface area (Å²) < 4.78 is 13.7. The number of carbonyl (C=O) groups excluding carboxylic acids is 2. The van der Waals surface area contributed by atoms with E-state index < -0.39 is 17.9 Å². The molecule has 0 saturated carbocycles. The Hall–Kier alpha value is -2.64. The second-order valence-corrected chi connectivity index (χ2v) is 6.91. The molecule has 8 heteroatoms. The smallest absolute Gasteiger partial charge is 0.323 e. The maximum atomic E-state index is 13.7. The van der Waals surface area contributed by atoms with Crippen molar-refractivity contribution in [1.82, 2.24) is 4.90 Å². The molecule has 0 saturated heterocycles. The Morgan fingerprint density at radius 3 is 2.55 bits per heavy atom. The van der Waals surface area contributed by atoms with Crippen LogP contribution in [0, 0.1) is 5.82 Å². The number of fused-ring (bicyclic) bond motifs is 1. The molecule has 1 aliphatic heterocycles. The Morgan fingerprint density at radius 1 is 1.14 bits per heavy atom. The number of nitrogens with two attached hydrogens (primary N) is 1. The lowest BCUT2D eigenvalue weighted by Gasteiger charge is -2.32. The predicted molar refractivity (Wildman–Crippen MR) is 115 cm³/mol. The zero-order valence-corrected chi connectivity index (χ0v) is 17.1. The van der Waals surface area contributed by atoms with Crippen molar-refractivity contribution in [2.24, 2.45) is 5.73 Å². The molecule has 2 aromatic rings. The molecule has 4 N–H and O–H groups in total.